The Bertz CT molecular complexity index is 2420. The van der Waals surface area contributed by atoms with Gasteiger partial charge in [0.1, 0.15) is 29.2 Å². The zero-order valence-corrected chi connectivity index (χ0v) is 33.9. The molecule has 5 aliphatic heterocycles. The molecule has 7 heterocycles. The number of thiazole rings is 1. The topological polar surface area (TPSA) is 270 Å². The molecular formula is C36H39ClN8O11S2. The number of anilines is 1. The standard InChI is InChI=1S/C36H39ClN8O11S2/c1-15-18(13-45-8-5-16(6-9-45)43(7-10-45)30(50)17-12-42(4)20-11-21(46)28(48)23(37)22(20)27(17)47)26(33(52)53)44-31(51)25(32(44)58-15)40-29(49)24(19-14-57-35(38)39-19)41-56-36(2,3)34(54)55/h11-12,14-16,25,32H,5-10,13H2,1-4H3,(H6-,38,39,40,41,46,47,48,49,52,53,54,55)/t15-,16?,25+,32+,45?/m0/s1. The monoisotopic (exact) mass is 858 g/mol. The molecule has 0 radical (unpaired) electrons. The van der Waals surface area contributed by atoms with Crippen LogP contribution in [0.1, 0.15) is 49.7 Å². The first-order valence-corrected chi connectivity index (χ1v) is 20.3. The number of aryl methyl sites for hydroxylation is 1. The number of carbonyl (C=O) groups is 5. The molecule has 19 nitrogen and oxygen atoms in total. The lowest BCUT2D eigenvalue weighted by Crippen LogP contribution is -2.72. The minimum Gasteiger partial charge on any atom is -0.543 e. The van der Waals surface area contributed by atoms with Gasteiger partial charge in [-0.05, 0) is 20.8 Å². The van der Waals surface area contributed by atoms with Gasteiger partial charge in [-0.25, -0.2) is 9.78 Å². The molecule has 58 heavy (non-hydrogen) atoms. The molecule has 0 unspecified atom stereocenters. The predicted molar refractivity (Wildman–Crippen MR) is 209 cm³/mol. The lowest BCUT2D eigenvalue weighted by molar-refractivity contribution is -0.925. The zero-order valence-electron chi connectivity index (χ0n) is 31.6. The van der Waals surface area contributed by atoms with E-state index in [9.17, 15) is 49.2 Å². The number of quaternary nitrogens is 1. The number of nitrogen functional groups attached to an aromatic ring is 1. The second-order valence-electron chi connectivity index (χ2n) is 15.2. The fourth-order valence-electron chi connectivity index (χ4n) is 7.93. The first-order valence-electron chi connectivity index (χ1n) is 18.1. The number of halogens is 1. The highest BCUT2D eigenvalue weighted by Crippen LogP contribution is 2.45. The average Bonchev–Trinajstić information content (AvgIpc) is 3.41. The number of aliphatic carboxylic acids is 2. The van der Waals surface area contributed by atoms with Crippen molar-refractivity contribution < 1.29 is 53.7 Å². The van der Waals surface area contributed by atoms with Crippen LogP contribution in [-0.4, -0.2) is 136 Å². The van der Waals surface area contributed by atoms with Crippen LogP contribution in [0.2, 0.25) is 5.02 Å². The Morgan fingerprint density at radius 2 is 1.88 bits per heavy atom. The fourth-order valence-corrected chi connectivity index (χ4v) is 10.2. The second kappa shape index (κ2) is 14.8. The van der Waals surface area contributed by atoms with Crippen molar-refractivity contribution in [1.82, 2.24) is 24.7 Å². The minimum absolute atomic E-state index is 0.0203. The maximum Gasteiger partial charge on any atom is 0.350 e. The van der Waals surface area contributed by atoms with E-state index < -0.39 is 74.6 Å². The number of nitrogens with two attached hydrogens (primary N) is 1. The molecule has 3 amide bonds. The number of hydrogen-bond acceptors (Lipinski definition) is 15. The van der Waals surface area contributed by atoms with Crippen molar-refractivity contribution in [2.45, 2.75) is 61.9 Å². The van der Waals surface area contributed by atoms with Crippen LogP contribution >= 0.6 is 34.7 Å². The quantitative estimate of drug-likeness (QED) is 0.0598. The van der Waals surface area contributed by atoms with Gasteiger partial charge in [-0.2, -0.15) is 0 Å². The number of carbonyl (C=O) groups excluding carboxylic acids is 4. The summed E-state index contributed by atoms with van der Waals surface area (Å²) in [4.78, 5) is 91.4. The van der Waals surface area contributed by atoms with Crippen molar-refractivity contribution in [3.05, 3.63) is 55.4 Å². The van der Waals surface area contributed by atoms with E-state index in [1.807, 2.05) is 6.92 Å². The number of pyridine rings is 1. The van der Waals surface area contributed by atoms with Crippen molar-refractivity contribution >= 4 is 86.1 Å². The lowest BCUT2D eigenvalue weighted by Gasteiger charge is -2.53. The van der Waals surface area contributed by atoms with Gasteiger partial charge in [0.15, 0.2) is 22.3 Å². The highest BCUT2D eigenvalue weighted by molar-refractivity contribution is 8.00. The summed E-state index contributed by atoms with van der Waals surface area (Å²) in [6.07, 6.45) is 2.50. The number of carboxylic acid groups (broad SMARTS) is 2. The van der Waals surface area contributed by atoms with E-state index in [0.29, 0.717) is 42.5 Å². The Kier molecular flexibility index (Phi) is 10.4. The number of nitrogens with one attached hydrogen (secondary N) is 1. The molecule has 6 N–H and O–H groups in total. The zero-order chi connectivity index (χ0) is 42.2. The smallest absolute Gasteiger partial charge is 0.350 e. The number of phenols is 2. The van der Waals surface area contributed by atoms with Crippen LogP contribution in [0.15, 0.2) is 38.9 Å². The van der Waals surface area contributed by atoms with E-state index in [-0.39, 0.29) is 57.1 Å². The summed E-state index contributed by atoms with van der Waals surface area (Å²) in [6, 6.07) is -0.196. The molecule has 8 rings (SSSR count). The van der Waals surface area contributed by atoms with E-state index in [2.05, 4.69) is 15.5 Å². The largest absolute Gasteiger partial charge is 0.543 e. The van der Waals surface area contributed by atoms with Crippen molar-refractivity contribution in [3.63, 3.8) is 0 Å². The summed E-state index contributed by atoms with van der Waals surface area (Å²) in [5.74, 6) is -6.22. The molecule has 4 fully saturated rings. The summed E-state index contributed by atoms with van der Waals surface area (Å²) >= 11 is 8.55. The van der Waals surface area contributed by atoms with Gasteiger partial charge >= 0.3 is 5.97 Å². The van der Waals surface area contributed by atoms with Crippen LogP contribution in [0.4, 0.5) is 5.13 Å². The number of nitrogens with zero attached hydrogens (tertiary/aromatic N) is 6. The van der Waals surface area contributed by atoms with E-state index in [1.54, 1.807) is 11.9 Å². The minimum atomic E-state index is -1.82. The number of aromatic hydroxyl groups is 2. The molecule has 1 aromatic carbocycles. The Balaban J connectivity index is 1.11. The van der Waals surface area contributed by atoms with Crippen molar-refractivity contribution in [1.29, 1.82) is 0 Å². The Morgan fingerprint density at radius 3 is 2.50 bits per heavy atom. The van der Waals surface area contributed by atoms with Crippen LogP contribution in [-0.2, 0) is 31.1 Å². The summed E-state index contributed by atoms with van der Waals surface area (Å²) in [5, 5.41) is 48.7. The Hall–Kier alpha value is -5.38. The van der Waals surface area contributed by atoms with Gasteiger partial charge in [0, 0.05) is 54.4 Å². The molecule has 308 valence electrons. The normalized spacial score (nSPS) is 24.6. The van der Waals surface area contributed by atoms with Crippen LogP contribution in [0.3, 0.4) is 0 Å². The molecule has 3 atom stereocenters. The maximum atomic E-state index is 14.1. The first kappa shape index (κ1) is 40.8. The lowest BCUT2D eigenvalue weighted by atomic mass is 9.97. The van der Waals surface area contributed by atoms with E-state index in [1.165, 1.54) is 47.8 Å². The second-order valence-corrected chi connectivity index (χ2v) is 18.0. The third kappa shape index (κ3) is 6.88. The summed E-state index contributed by atoms with van der Waals surface area (Å²) in [5.41, 5.74) is 3.07. The molecule has 4 saturated heterocycles. The summed E-state index contributed by atoms with van der Waals surface area (Å²) < 4.78 is 1.90. The number of fused-ring (bicyclic) bond motifs is 6. The third-order valence-corrected chi connectivity index (χ3v) is 13.8. The molecule has 2 aromatic heterocycles. The number of hydrogen-bond donors (Lipinski definition) is 5. The number of phenolic OH excluding ortho intramolecular Hbond substituents is 2. The van der Waals surface area contributed by atoms with Crippen LogP contribution < -0.4 is 21.6 Å². The third-order valence-electron chi connectivity index (χ3n) is 11.3. The van der Waals surface area contributed by atoms with E-state index in [0.717, 1.165) is 16.2 Å². The maximum absolute atomic E-state index is 14.1. The van der Waals surface area contributed by atoms with Crippen molar-refractivity contribution in [2.24, 2.45) is 12.2 Å². The number of benzene rings is 1. The highest BCUT2D eigenvalue weighted by atomic mass is 35.5. The summed E-state index contributed by atoms with van der Waals surface area (Å²) in [7, 11) is 1.59. The van der Waals surface area contributed by atoms with Gasteiger partial charge in [-0.1, -0.05) is 16.8 Å². The van der Waals surface area contributed by atoms with Gasteiger partial charge in [-0.3, -0.25) is 24.1 Å². The van der Waals surface area contributed by atoms with E-state index in [4.69, 9.17) is 22.2 Å². The predicted octanol–water partition coefficient (Wildman–Crippen LogP) is 0.153. The van der Waals surface area contributed by atoms with Gasteiger partial charge < -0.3 is 55.1 Å². The molecule has 0 aliphatic carbocycles. The molecule has 5 aliphatic rings. The van der Waals surface area contributed by atoms with Crippen LogP contribution in [0.25, 0.3) is 10.9 Å². The van der Waals surface area contributed by atoms with Crippen LogP contribution in [0.5, 0.6) is 11.5 Å². The molecule has 2 bridgehead atoms. The molecular weight excluding hydrogens is 820 g/mol. The van der Waals surface area contributed by atoms with Crippen LogP contribution in [0, 0.1) is 0 Å². The van der Waals surface area contributed by atoms with Gasteiger partial charge in [0.05, 0.1) is 53.8 Å². The number of amides is 3. The van der Waals surface area contributed by atoms with Gasteiger partial charge in [0.2, 0.25) is 11.0 Å². The van der Waals surface area contributed by atoms with Gasteiger partial charge in [0.25, 0.3) is 17.7 Å². The molecule has 22 heteroatoms. The number of carboxylic acids is 2. The first-order chi connectivity index (χ1) is 27.2. The molecule has 0 saturated carbocycles. The highest BCUT2D eigenvalue weighted by Gasteiger charge is 2.56. The number of β-lactam (4-membered cyclic amide) rings is 1. The number of aromatic nitrogens is 2. The number of thioether (sulfide) groups is 1. The Morgan fingerprint density at radius 1 is 1.19 bits per heavy atom. The van der Waals surface area contributed by atoms with E-state index >= 15 is 0 Å². The molecule has 0 spiro atoms. The van der Waals surface area contributed by atoms with Gasteiger partial charge in [-0.15, -0.1) is 23.1 Å². The summed E-state index contributed by atoms with van der Waals surface area (Å²) in [6.45, 7) is 6.36. The van der Waals surface area contributed by atoms with Crippen molar-refractivity contribution in [3.8, 4) is 11.5 Å². The fraction of sp³-hybridized carbons (Fsp3) is 0.444. The van der Waals surface area contributed by atoms with Crippen molar-refractivity contribution in [2.75, 3.05) is 38.5 Å². The number of oxime groups is 1. The Labute approximate surface area is 342 Å². The molecule has 3 aromatic rings. The number of piperidine rings is 1. The number of rotatable bonds is 10. The SMILES string of the molecule is C[C@@H]1S[C@@H]2[C@H](NC(=O)/C(=N\OC(C)(C)C(=O)O)c3csc(N)n3)C(=O)N2C(C(=O)[O-])=C1C[N+]12CCC(CC1)N(C(=O)c1cn(C)c3cc(O)c(O)c(Cl)c3c1=O)CC2. The average molecular weight is 859 g/mol.